The van der Waals surface area contributed by atoms with E-state index < -0.39 is 12.0 Å². The Balaban J connectivity index is 0.00000338. The predicted molar refractivity (Wildman–Crippen MR) is 100 cm³/mol. The monoisotopic (exact) mass is 383 g/mol. The van der Waals surface area contributed by atoms with Crippen LogP contribution >= 0.6 is 12.4 Å². The molecule has 7 nitrogen and oxygen atoms in total. The van der Waals surface area contributed by atoms with Gasteiger partial charge in [0.15, 0.2) is 0 Å². The molecule has 8 heteroatoms. The van der Waals surface area contributed by atoms with Crippen LogP contribution < -0.4 is 5.32 Å². The average molecular weight is 384 g/mol. The highest BCUT2D eigenvalue weighted by Crippen LogP contribution is 2.13. The van der Waals surface area contributed by atoms with Crippen LogP contribution in [0.3, 0.4) is 0 Å². The molecule has 2 rings (SSSR count). The Hall–Kier alpha value is -2.12. The minimum Gasteiger partial charge on any atom is -0.480 e. The lowest BCUT2D eigenvalue weighted by molar-refractivity contribution is -0.142. The minimum absolute atomic E-state index is 0. The SMILES string of the molecule is CC(C(=O)O)N(C)CC(=O)NCc1ccc(C(=O)N2CCCC2)cc1.Cl. The summed E-state index contributed by atoms with van der Waals surface area (Å²) >= 11 is 0. The Morgan fingerprint density at radius 1 is 1.19 bits per heavy atom. The first-order chi connectivity index (χ1) is 11.9. The fourth-order valence-corrected chi connectivity index (χ4v) is 2.68. The smallest absolute Gasteiger partial charge is 0.320 e. The molecule has 0 aliphatic carbocycles. The van der Waals surface area contributed by atoms with Crippen LogP contribution in [0.1, 0.15) is 35.7 Å². The number of hydrogen-bond donors (Lipinski definition) is 2. The summed E-state index contributed by atoms with van der Waals surface area (Å²) in [6.45, 7) is 3.52. The lowest BCUT2D eigenvalue weighted by atomic mass is 10.1. The number of carbonyl (C=O) groups is 3. The van der Waals surface area contributed by atoms with E-state index in [9.17, 15) is 14.4 Å². The van der Waals surface area contributed by atoms with Crippen molar-refractivity contribution >= 4 is 30.2 Å². The number of likely N-dealkylation sites (tertiary alicyclic amines) is 1. The van der Waals surface area contributed by atoms with Crippen LogP contribution in [0.2, 0.25) is 0 Å². The molecule has 0 bridgehead atoms. The molecule has 2 amide bonds. The van der Waals surface area contributed by atoms with E-state index in [1.807, 2.05) is 17.0 Å². The Morgan fingerprint density at radius 3 is 2.31 bits per heavy atom. The van der Waals surface area contributed by atoms with Crippen molar-refractivity contribution in [2.45, 2.75) is 32.4 Å². The highest BCUT2D eigenvalue weighted by Gasteiger charge is 2.20. The number of nitrogens with one attached hydrogen (secondary N) is 1. The molecule has 1 aromatic rings. The largest absolute Gasteiger partial charge is 0.480 e. The van der Waals surface area contributed by atoms with Crippen molar-refractivity contribution in [3.63, 3.8) is 0 Å². The summed E-state index contributed by atoms with van der Waals surface area (Å²) in [6.07, 6.45) is 2.12. The number of rotatable bonds is 7. The number of carboxylic acids is 1. The maximum Gasteiger partial charge on any atom is 0.320 e. The fourth-order valence-electron chi connectivity index (χ4n) is 2.68. The van der Waals surface area contributed by atoms with Crippen molar-refractivity contribution in [1.29, 1.82) is 0 Å². The molecule has 1 atom stereocenters. The highest BCUT2D eigenvalue weighted by molar-refractivity contribution is 5.94. The quantitative estimate of drug-likeness (QED) is 0.742. The van der Waals surface area contributed by atoms with Gasteiger partial charge < -0.3 is 15.3 Å². The lowest BCUT2D eigenvalue weighted by Crippen LogP contribution is -2.42. The molecule has 26 heavy (non-hydrogen) atoms. The second-order valence-corrected chi connectivity index (χ2v) is 6.40. The van der Waals surface area contributed by atoms with Crippen LogP contribution in [0.25, 0.3) is 0 Å². The molecule has 1 fully saturated rings. The van der Waals surface area contributed by atoms with Gasteiger partial charge in [0.2, 0.25) is 5.91 Å². The number of carbonyl (C=O) groups excluding carboxylic acids is 2. The van der Waals surface area contributed by atoms with Crippen molar-refractivity contribution in [2.75, 3.05) is 26.7 Å². The molecule has 0 radical (unpaired) electrons. The van der Waals surface area contributed by atoms with Gasteiger partial charge in [-0.25, -0.2) is 0 Å². The second kappa shape index (κ2) is 10.1. The Morgan fingerprint density at radius 2 is 1.77 bits per heavy atom. The molecule has 1 unspecified atom stereocenters. The van der Waals surface area contributed by atoms with Crippen LogP contribution in [-0.2, 0) is 16.1 Å². The zero-order chi connectivity index (χ0) is 18.4. The number of nitrogens with zero attached hydrogens (tertiary/aromatic N) is 2. The first-order valence-electron chi connectivity index (χ1n) is 8.46. The van der Waals surface area contributed by atoms with E-state index in [1.54, 1.807) is 19.2 Å². The van der Waals surface area contributed by atoms with Gasteiger partial charge in [-0.15, -0.1) is 12.4 Å². The molecule has 1 saturated heterocycles. The van der Waals surface area contributed by atoms with Gasteiger partial charge >= 0.3 is 5.97 Å². The summed E-state index contributed by atoms with van der Waals surface area (Å²) in [4.78, 5) is 38.4. The van der Waals surface area contributed by atoms with Gasteiger partial charge in [-0.1, -0.05) is 12.1 Å². The van der Waals surface area contributed by atoms with Gasteiger partial charge in [0.25, 0.3) is 5.91 Å². The normalized spacial score (nSPS) is 14.7. The third-order valence-electron chi connectivity index (χ3n) is 4.50. The second-order valence-electron chi connectivity index (χ2n) is 6.40. The van der Waals surface area contributed by atoms with Gasteiger partial charge in [-0.05, 0) is 44.5 Å². The van der Waals surface area contributed by atoms with E-state index in [-0.39, 0.29) is 30.8 Å². The van der Waals surface area contributed by atoms with E-state index in [1.165, 1.54) is 11.8 Å². The van der Waals surface area contributed by atoms with E-state index in [4.69, 9.17) is 5.11 Å². The van der Waals surface area contributed by atoms with Crippen molar-refractivity contribution in [2.24, 2.45) is 0 Å². The summed E-state index contributed by atoms with van der Waals surface area (Å²) in [6, 6.07) is 6.49. The summed E-state index contributed by atoms with van der Waals surface area (Å²) in [7, 11) is 1.59. The van der Waals surface area contributed by atoms with Crippen LogP contribution in [-0.4, -0.2) is 65.4 Å². The maximum atomic E-state index is 12.3. The first-order valence-corrected chi connectivity index (χ1v) is 8.46. The number of hydrogen-bond acceptors (Lipinski definition) is 4. The van der Waals surface area contributed by atoms with Crippen molar-refractivity contribution < 1.29 is 19.5 Å². The molecule has 1 heterocycles. The molecular weight excluding hydrogens is 358 g/mol. The molecule has 144 valence electrons. The molecule has 0 spiro atoms. The van der Waals surface area contributed by atoms with Crippen LogP contribution in [0, 0.1) is 0 Å². The van der Waals surface area contributed by atoms with E-state index in [2.05, 4.69) is 5.32 Å². The summed E-state index contributed by atoms with van der Waals surface area (Å²) in [5, 5.41) is 11.7. The minimum atomic E-state index is -0.964. The molecule has 0 saturated carbocycles. The van der Waals surface area contributed by atoms with Crippen LogP contribution in [0.15, 0.2) is 24.3 Å². The Bertz CT molecular complexity index is 630. The van der Waals surface area contributed by atoms with E-state index in [0.29, 0.717) is 12.1 Å². The number of halogens is 1. The molecule has 1 aromatic carbocycles. The van der Waals surface area contributed by atoms with Gasteiger partial charge in [0, 0.05) is 25.2 Å². The zero-order valence-corrected chi connectivity index (χ0v) is 15.9. The lowest BCUT2D eigenvalue weighted by Gasteiger charge is -2.20. The van der Waals surface area contributed by atoms with Crippen molar-refractivity contribution in [3.8, 4) is 0 Å². The molecule has 2 N–H and O–H groups in total. The maximum absolute atomic E-state index is 12.3. The van der Waals surface area contributed by atoms with Gasteiger partial charge in [-0.2, -0.15) is 0 Å². The highest BCUT2D eigenvalue weighted by atomic mass is 35.5. The molecule has 1 aliphatic rings. The Kier molecular flexibility index (Phi) is 8.54. The van der Waals surface area contributed by atoms with Gasteiger partial charge in [0.05, 0.1) is 6.54 Å². The van der Waals surface area contributed by atoms with Gasteiger partial charge in [0.1, 0.15) is 6.04 Å². The van der Waals surface area contributed by atoms with E-state index >= 15 is 0 Å². The first kappa shape index (κ1) is 21.9. The van der Waals surface area contributed by atoms with Gasteiger partial charge in [-0.3, -0.25) is 19.3 Å². The molecule has 1 aliphatic heterocycles. The van der Waals surface area contributed by atoms with Crippen molar-refractivity contribution in [3.05, 3.63) is 35.4 Å². The summed E-state index contributed by atoms with van der Waals surface area (Å²) < 4.78 is 0. The van der Waals surface area contributed by atoms with Crippen LogP contribution in [0.5, 0.6) is 0 Å². The number of likely N-dealkylation sites (N-methyl/N-ethyl adjacent to an activating group) is 1. The fraction of sp³-hybridized carbons (Fsp3) is 0.500. The standard InChI is InChI=1S/C18H25N3O4.ClH/c1-13(18(24)25)20(2)12-16(22)19-11-14-5-7-15(8-6-14)17(23)21-9-3-4-10-21;/h5-8,13H,3-4,9-12H2,1-2H3,(H,19,22)(H,24,25);1H. The summed E-state index contributed by atoms with van der Waals surface area (Å²) in [5.41, 5.74) is 1.55. The third kappa shape index (κ3) is 6.00. The number of carboxylic acid groups (broad SMARTS) is 1. The summed E-state index contributed by atoms with van der Waals surface area (Å²) in [5.74, 6) is -1.15. The Labute approximate surface area is 159 Å². The molecule has 0 aromatic heterocycles. The van der Waals surface area contributed by atoms with E-state index in [0.717, 1.165) is 31.5 Å². The van der Waals surface area contributed by atoms with Crippen molar-refractivity contribution in [1.82, 2.24) is 15.1 Å². The topological polar surface area (TPSA) is 90.0 Å². The number of benzene rings is 1. The predicted octanol–water partition coefficient (Wildman–Crippen LogP) is 1.37. The van der Waals surface area contributed by atoms with Crippen LogP contribution in [0.4, 0.5) is 0 Å². The zero-order valence-electron chi connectivity index (χ0n) is 15.1. The number of aliphatic carboxylic acids is 1. The molecular formula is C18H26ClN3O4. The average Bonchev–Trinajstić information content (AvgIpc) is 3.13. The number of amides is 2. The third-order valence-corrected chi connectivity index (χ3v) is 4.50.